The summed E-state index contributed by atoms with van der Waals surface area (Å²) in [5.41, 5.74) is 0.690. The van der Waals surface area contributed by atoms with E-state index in [1.165, 1.54) is 0 Å². The zero-order valence-corrected chi connectivity index (χ0v) is 17.7. The van der Waals surface area contributed by atoms with Crippen LogP contribution in [-0.4, -0.2) is 62.3 Å². The predicted molar refractivity (Wildman–Crippen MR) is 111 cm³/mol. The van der Waals surface area contributed by atoms with Crippen molar-refractivity contribution in [2.45, 2.75) is 33.2 Å². The van der Waals surface area contributed by atoms with E-state index in [9.17, 15) is 9.90 Å². The first kappa shape index (κ1) is 21.0. The Bertz CT molecular complexity index is 1010. The molecule has 4 heterocycles. The highest BCUT2D eigenvalue weighted by Crippen LogP contribution is 2.31. The SMILES string of the molecule is Cc1noc(-c2cnc(C)nc2N2CCC(C(=O)N(CCO)Cc3ccco3)CC2)n1. The molecule has 0 aromatic carbocycles. The van der Waals surface area contributed by atoms with E-state index in [2.05, 4.69) is 25.0 Å². The second-order valence-electron chi connectivity index (χ2n) is 7.63. The summed E-state index contributed by atoms with van der Waals surface area (Å²) in [4.78, 5) is 30.1. The molecular formula is C21H26N6O4. The molecule has 0 bridgehead atoms. The number of rotatable bonds is 7. The highest BCUT2D eigenvalue weighted by molar-refractivity contribution is 5.79. The van der Waals surface area contributed by atoms with Crippen LogP contribution >= 0.6 is 0 Å². The highest BCUT2D eigenvalue weighted by Gasteiger charge is 2.31. The molecule has 0 saturated carbocycles. The molecule has 1 fully saturated rings. The van der Waals surface area contributed by atoms with Gasteiger partial charge in [-0.15, -0.1) is 0 Å². The number of hydrogen-bond acceptors (Lipinski definition) is 9. The van der Waals surface area contributed by atoms with E-state index in [-0.39, 0.29) is 25.0 Å². The summed E-state index contributed by atoms with van der Waals surface area (Å²) in [6.45, 7) is 5.49. The van der Waals surface area contributed by atoms with Crippen LogP contribution in [0.5, 0.6) is 0 Å². The van der Waals surface area contributed by atoms with E-state index in [4.69, 9.17) is 8.94 Å². The Morgan fingerprint density at radius 1 is 1.26 bits per heavy atom. The molecule has 0 unspecified atom stereocenters. The zero-order chi connectivity index (χ0) is 21.8. The maximum absolute atomic E-state index is 13.1. The summed E-state index contributed by atoms with van der Waals surface area (Å²) in [6, 6.07) is 3.63. The predicted octanol–water partition coefficient (Wildman–Crippen LogP) is 1.97. The van der Waals surface area contributed by atoms with E-state index < -0.39 is 0 Å². The van der Waals surface area contributed by atoms with Gasteiger partial charge in [0.05, 0.1) is 19.4 Å². The number of aryl methyl sites for hydroxylation is 2. The number of aromatic nitrogens is 4. The van der Waals surface area contributed by atoms with Gasteiger partial charge >= 0.3 is 0 Å². The summed E-state index contributed by atoms with van der Waals surface area (Å²) in [6.07, 6.45) is 4.66. The Morgan fingerprint density at radius 2 is 2.06 bits per heavy atom. The van der Waals surface area contributed by atoms with Gasteiger partial charge in [0, 0.05) is 31.7 Å². The molecule has 3 aromatic heterocycles. The summed E-state index contributed by atoms with van der Waals surface area (Å²) in [7, 11) is 0. The molecule has 4 rings (SSSR count). The van der Waals surface area contributed by atoms with Crippen molar-refractivity contribution in [2.24, 2.45) is 5.92 Å². The second kappa shape index (κ2) is 9.25. The van der Waals surface area contributed by atoms with Crippen LogP contribution in [0.2, 0.25) is 0 Å². The lowest BCUT2D eigenvalue weighted by molar-refractivity contribution is -0.137. The van der Waals surface area contributed by atoms with Crippen molar-refractivity contribution < 1.29 is 18.8 Å². The quantitative estimate of drug-likeness (QED) is 0.604. The topological polar surface area (TPSA) is 122 Å². The first-order chi connectivity index (χ1) is 15.0. The van der Waals surface area contributed by atoms with Gasteiger partial charge in [0.2, 0.25) is 5.91 Å². The van der Waals surface area contributed by atoms with E-state index in [0.717, 1.165) is 5.82 Å². The van der Waals surface area contributed by atoms with E-state index in [0.29, 0.717) is 61.3 Å². The average molecular weight is 426 g/mol. The molecule has 164 valence electrons. The van der Waals surface area contributed by atoms with Gasteiger partial charge in [-0.05, 0) is 38.8 Å². The maximum Gasteiger partial charge on any atom is 0.263 e. The Kier molecular flexibility index (Phi) is 6.26. The molecule has 1 N–H and O–H groups in total. The third-order valence-corrected chi connectivity index (χ3v) is 5.40. The number of carbonyl (C=O) groups is 1. The lowest BCUT2D eigenvalue weighted by Crippen LogP contribution is -2.43. The minimum atomic E-state index is -0.116. The van der Waals surface area contributed by atoms with Crippen molar-refractivity contribution in [3.63, 3.8) is 0 Å². The molecular weight excluding hydrogens is 400 g/mol. The van der Waals surface area contributed by atoms with Crippen molar-refractivity contribution in [3.8, 4) is 11.5 Å². The average Bonchev–Trinajstić information content (AvgIpc) is 3.45. The van der Waals surface area contributed by atoms with Crippen LogP contribution in [0.3, 0.4) is 0 Å². The Labute approximate surface area is 179 Å². The summed E-state index contributed by atoms with van der Waals surface area (Å²) < 4.78 is 10.7. The first-order valence-electron chi connectivity index (χ1n) is 10.4. The van der Waals surface area contributed by atoms with Gasteiger partial charge in [-0.1, -0.05) is 5.16 Å². The maximum atomic E-state index is 13.1. The number of hydrogen-bond donors (Lipinski definition) is 1. The van der Waals surface area contributed by atoms with Gasteiger partial charge in [0.1, 0.15) is 23.0 Å². The van der Waals surface area contributed by atoms with E-state index in [1.54, 1.807) is 30.4 Å². The molecule has 0 radical (unpaired) electrons. The summed E-state index contributed by atoms with van der Waals surface area (Å²) in [5, 5.41) is 13.3. The smallest absolute Gasteiger partial charge is 0.263 e. The minimum absolute atomic E-state index is 0.0386. The second-order valence-corrected chi connectivity index (χ2v) is 7.63. The molecule has 1 saturated heterocycles. The van der Waals surface area contributed by atoms with Crippen molar-refractivity contribution in [1.82, 2.24) is 25.0 Å². The van der Waals surface area contributed by atoms with E-state index >= 15 is 0 Å². The van der Waals surface area contributed by atoms with Gasteiger partial charge in [0.25, 0.3) is 5.89 Å². The molecule has 10 heteroatoms. The third kappa shape index (κ3) is 4.74. The lowest BCUT2D eigenvalue weighted by atomic mass is 9.95. The van der Waals surface area contributed by atoms with Crippen molar-refractivity contribution in [2.75, 3.05) is 31.1 Å². The number of nitrogens with zero attached hydrogens (tertiary/aromatic N) is 6. The number of amides is 1. The fourth-order valence-electron chi connectivity index (χ4n) is 3.83. The van der Waals surface area contributed by atoms with Crippen LogP contribution in [0.15, 0.2) is 33.5 Å². The van der Waals surface area contributed by atoms with E-state index in [1.807, 2.05) is 13.0 Å². The standard InChI is InChI=1S/C21H26N6O4/c1-14-22-12-18(20-24-15(2)25-31-20)19(23-14)26-7-5-16(6-8-26)21(29)27(9-10-28)13-17-4-3-11-30-17/h3-4,11-12,16,28H,5-10,13H2,1-2H3. The molecule has 0 spiro atoms. The summed E-state index contributed by atoms with van der Waals surface area (Å²) >= 11 is 0. The van der Waals surface area contributed by atoms with Crippen LogP contribution in [0.25, 0.3) is 11.5 Å². The third-order valence-electron chi connectivity index (χ3n) is 5.40. The van der Waals surface area contributed by atoms with Gasteiger partial charge in [-0.25, -0.2) is 9.97 Å². The van der Waals surface area contributed by atoms with Gasteiger partial charge in [-0.2, -0.15) is 4.98 Å². The molecule has 1 aliphatic rings. The van der Waals surface area contributed by atoms with Crippen LogP contribution < -0.4 is 4.90 Å². The van der Waals surface area contributed by atoms with Gasteiger partial charge in [-0.3, -0.25) is 4.79 Å². The Balaban J connectivity index is 1.46. The number of piperidine rings is 1. The van der Waals surface area contributed by atoms with Crippen LogP contribution in [0, 0.1) is 19.8 Å². The number of carbonyl (C=O) groups excluding carboxylic acids is 1. The van der Waals surface area contributed by atoms with Crippen LogP contribution in [0.4, 0.5) is 5.82 Å². The van der Waals surface area contributed by atoms with Crippen molar-refractivity contribution in [3.05, 3.63) is 42.0 Å². The number of aliphatic hydroxyl groups is 1. The molecule has 0 aliphatic carbocycles. The Hall–Kier alpha value is -3.27. The number of aliphatic hydroxyl groups excluding tert-OH is 1. The number of anilines is 1. The first-order valence-corrected chi connectivity index (χ1v) is 10.4. The Morgan fingerprint density at radius 3 is 2.71 bits per heavy atom. The van der Waals surface area contributed by atoms with Crippen LogP contribution in [-0.2, 0) is 11.3 Å². The number of furan rings is 1. The molecule has 3 aromatic rings. The monoisotopic (exact) mass is 426 g/mol. The van der Waals surface area contributed by atoms with Crippen LogP contribution in [0.1, 0.15) is 30.3 Å². The van der Waals surface area contributed by atoms with Crippen molar-refractivity contribution >= 4 is 11.7 Å². The summed E-state index contributed by atoms with van der Waals surface area (Å²) in [5.74, 6) is 2.96. The molecule has 1 amide bonds. The molecule has 1 aliphatic heterocycles. The van der Waals surface area contributed by atoms with Crippen molar-refractivity contribution in [1.29, 1.82) is 0 Å². The lowest BCUT2D eigenvalue weighted by Gasteiger charge is -2.35. The molecule has 31 heavy (non-hydrogen) atoms. The normalized spacial score (nSPS) is 14.7. The highest BCUT2D eigenvalue weighted by atomic mass is 16.5. The largest absolute Gasteiger partial charge is 0.467 e. The fourth-order valence-corrected chi connectivity index (χ4v) is 3.83. The fraction of sp³-hybridized carbons (Fsp3) is 0.476. The molecule has 10 nitrogen and oxygen atoms in total. The zero-order valence-electron chi connectivity index (χ0n) is 17.7. The molecule has 0 atom stereocenters. The van der Waals surface area contributed by atoms with Gasteiger partial charge < -0.3 is 23.8 Å². The van der Waals surface area contributed by atoms with Gasteiger partial charge in [0.15, 0.2) is 5.82 Å². The minimum Gasteiger partial charge on any atom is -0.467 e.